The Bertz CT molecular complexity index is 1190. The van der Waals surface area contributed by atoms with E-state index in [2.05, 4.69) is 31.4 Å². The fourth-order valence-electron chi connectivity index (χ4n) is 2.82. The monoisotopic (exact) mass is 542 g/mol. The number of aryl methyl sites for hydroxylation is 1. The van der Waals surface area contributed by atoms with Gasteiger partial charge in [-0.05, 0) is 65.2 Å². The van der Waals surface area contributed by atoms with Crippen LogP contribution >= 0.6 is 27.3 Å². The Morgan fingerprint density at radius 3 is 2.59 bits per heavy atom. The molecule has 1 N–H and O–H groups in total. The average Bonchev–Trinajstić information content (AvgIpc) is 3.29. The number of hydrogen-bond donors (Lipinski definition) is 1. The van der Waals surface area contributed by atoms with Gasteiger partial charge in [-0.1, -0.05) is 36.5 Å². The van der Waals surface area contributed by atoms with Crippen LogP contribution in [-0.4, -0.2) is 35.9 Å². The summed E-state index contributed by atoms with van der Waals surface area (Å²) in [6.45, 7) is 4.88. The Hall–Kier alpha value is -3.42. The number of benzene rings is 2. The van der Waals surface area contributed by atoms with Crippen LogP contribution < -0.4 is 19.5 Å². The van der Waals surface area contributed by atoms with Gasteiger partial charge in [-0.25, -0.2) is 0 Å². The van der Waals surface area contributed by atoms with Gasteiger partial charge in [0.1, 0.15) is 35.6 Å². The van der Waals surface area contributed by atoms with E-state index >= 15 is 0 Å². The maximum atomic E-state index is 12.6. The maximum absolute atomic E-state index is 12.6. The topological polar surface area (TPSA) is 106 Å². The molecule has 0 fully saturated rings. The highest BCUT2D eigenvalue weighted by Crippen LogP contribution is 2.37. The molecule has 1 aromatic heterocycles. The number of ether oxygens (including phenoxy) is 3. The van der Waals surface area contributed by atoms with Crippen LogP contribution in [0.15, 0.2) is 52.5 Å². The molecule has 3 rings (SSSR count). The minimum atomic E-state index is -0.561. The van der Waals surface area contributed by atoms with Crippen LogP contribution in [0.25, 0.3) is 6.08 Å². The van der Waals surface area contributed by atoms with E-state index in [-0.39, 0.29) is 5.57 Å². The highest BCUT2D eigenvalue weighted by Gasteiger charge is 2.16. The third kappa shape index (κ3) is 7.04. The predicted octanol–water partition coefficient (Wildman–Crippen LogP) is 5.27. The van der Waals surface area contributed by atoms with Crippen LogP contribution in [0.4, 0.5) is 5.13 Å². The molecule has 3 aromatic rings. The van der Waals surface area contributed by atoms with Gasteiger partial charge in [-0.15, -0.1) is 10.2 Å². The maximum Gasteiger partial charge on any atom is 0.268 e. The molecule has 0 aliphatic carbocycles. The van der Waals surface area contributed by atoms with Crippen LogP contribution in [0.5, 0.6) is 17.2 Å². The lowest BCUT2D eigenvalue weighted by atomic mass is 10.1. The van der Waals surface area contributed by atoms with Crippen LogP contribution in [0, 0.1) is 11.3 Å². The summed E-state index contributed by atoms with van der Waals surface area (Å²) >= 11 is 4.77. The number of nitriles is 1. The molecule has 0 saturated heterocycles. The molecule has 8 nitrogen and oxygen atoms in total. The number of aromatic nitrogens is 2. The first-order valence-electron chi connectivity index (χ1n) is 10.6. The highest BCUT2D eigenvalue weighted by atomic mass is 79.9. The normalized spacial score (nSPS) is 10.9. The van der Waals surface area contributed by atoms with Crippen LogP contribution in [0.2, 0.25) is 0 Å². The van der Waals surface area contributed by atoms with Crippen molar-refractivity contribution in [2.24, 2.45) is 0 Å². The molecule has 0 spiro atoms. The van der Waals surface area contributed by atoms with Gasteiger partial charge in [0, 0.05) is 0 Å². The SMILES string of the molecule is CCOc1cc(/C=C(/C#N)C(=O)Nc2nnc(CC)s2)cc(Br)c1OCCOc1ccccc1. The summed E-state index contributed by atoms with van der Waals surface area (Å²) in [6, 6.07) is 14.9. The summed E-state index contributed by atoms with van der Waals surface area (Å²) in [5, 5.41) is 21.2. The number of nitrogens with zero attached hydrogens (tertiary/aromatic N) is 3. The number of hydrogen-bond acceptors (Lipinski definition) is 8. The fourth-order valence-corrected chi connectivity index (χ4v) is 4.07. The average molecular weight is 543 g/mol. The minimum absolute atomic E-state index is 0.0764. The van der Waals surface area contributed by atoms with E-state index in [1.54, 1.807) is 12.1 Å². The molecule has 0 unspecified atom stereocenters. The van der Waals surface area contributed by atoms with Crippen molar-refractivity contribution in [3.63, 3.8) is 0 Å². The summed E-state index contributed by atoms with van der Waals surface area (Å²) in [5.74, 6) is 1.20. The number of para-hydroxylation sites is 1. The van der Waals surface area contributed by atoms with E-state index in [4.69, 9.17) is 14.2 Å². The van der Waals surface area contributed by atoms with Crippen molar-refractivity contribution in [2.75, 3.05) is 25.1 Å². The molecule has 0 bridgehead atoms. The summed E-state index contributed by atoms with van der Waals surface area (Å²) in [7, 11) is 0. The molecule has 2 aromatic carbocycles. The van der Waals surface area contributed by atoms with Crippen molar-refractivity contribution in [1.29, 1.82) is 5.26 Å². The number of anilines is 1. The van der Waals surface area contributed by atoms with Gasteiger partial charge in [-0.2, -0.15) is 5.26 Å². The molecule has 10 heteroatoms. The van der Waals surface area contributed by atoms with Crippen LogP contribution in [0.3, 0.4) is 0 Å². The number of carbonyl (C=O) groups is 1. The molecule has 0 aliphatic heterocycles. The third-order valence-electron chi connectivity index (χ3n) is 4.34. The van der Waals surface area contributed by atoms with Gasteiger partial charge in [0.25, 0.3) is 5.91 Å². The molecule has 1 heterocycles. The van der Waals surface area contributed by atoms with E-state index in [9.17, 15) is 10.1 Å². The molecule has 176 valence electrons. The summed E-state index contributed by atoms with van der Waals surface area (Å²) in [4.78, 5) is 12.6. The molecular weight excluding hydrogens is 520 g/mol. The molecule has 0 aliphatic rings. The van der Waals surface area contributed by atoms with E-state index in [1.807, 2.05) is 50.2 Å². The van der Waals surface area contributed by atoms with E-state index in [0.717, 1.165) is 17.2 Å². The number of rotatable bonds is 11. The lowest BCUT2D eigenvalue weighted by Gasteiger charge is -2.15. The minimum Gasteiger partial charge on any atom is -0.490 e. The lowest BCUT2D eigenvalue weighted by molar-refractivity contribution is -0.112. The second-order valence-corrected chi connectivity index (χ2v) is 8.67. The number of halogens is 1. The third-order valence-corrected chi connectivity index (χ3v) is 5.91. The molecule has 0 radical (unpaired) electrons. The molecule has 0 saturated carbocycles. The lowest BCUT2D eigenvalue weighted by Crippen LogP contribution is -2.13. The highest BCUT2D eigenvalue weighted by molar-refractivity contribution is 9.10. The van der Waals surface area contributed by atoms with E-state index < -0.39 is 5.91 Å². The van der Waals surface area contributed by atoms with Gasteiger partial charge in [0.15, 0.2) is 11.5 Å². The van der Waals surface area contributed by atoms with Crippen molar-refractivity contribution in [1.82, 2.24) is 10.2 Å². The van der Waals surface area contributed by atoms with E-state index in [0.29, 0.717) is 46.5 Å². The smallest absolute Gasteiger partial charge is 0.268 e. The Kier molecular flexibility index (Phi) is 9.43. The zero-order valence-electron chi connectivity index (χ0n) is 18.7. The van der Waals surface area contributed by atoms with Gasteiger partial charge in [0.2, 0.25) is 5.13 Å². The number of nitrogens with one attached hydrogen (secondary N) is 1. The standard InChI is InChI=1S/C24H23BrN4O4S/c1-3-21-28-29-24(34-21)27-23(30)17(15-26)12-16-13-19(25)22(20(14-16)31-4-2)33-11-10-32-18-8-6-5-7-9-18/h5-9,12-14H,3-4,10-11H2,1-2H3,(H,27,29,30)/b17-12-. The Morgan fingerprint density at radius 2 is 1.91 bits per heavy atom. The Balaban J connectivity index is 1.72. The molecule has 1 amide bonds. The van der Waals surface area contributed by atoms with Crippen molar-refractivity contribution < 1.29 is 19.0 Å². The summed E-state index contributed by atoms with van der Waals surface area (Å²) in [5.41, 5.74) is 0.522. The molecular formula is C24H23BrN4O4S. The fraction of sp³-hybridized carbons (Fsp3) is 0.250. The zero-order valence-corrected chi connectivity index (χ0v) is 21.1. The largest absolute Gasteiger partial charge is 0.490 e. The predicted molar refractivity (Wildman–Crippen MR) is 134 cm³/mol. The Morgan fingerprint density at radius 1 is 1.15 bits per heavy atom. The second-order valence-electron chi connectivity index (χ2n) is 6.75. The van der Waals surface area contributed by atoms with Gasteiger partial charge >= 0.3 is 0 Å². The number of carbonyl (C=O) groups excluding carboxylic acids is 1. The van der Waals surface area contributed by atoms with Crippen molar-refractivity contribution in [3.05, 3.63) is 63.1 Å². The van der Waals surface area contributed by atoms with Crippen molar-refractivity contribution in [3.8, 4) is 23.3 Å². The summed E-state index contributed by atoms with van der Waals surface area (Å²) in [6.07, 6.45) is 2.20. The molecule has 34 heavy (non-hydrogen) atoms. The van der Waals surface area contributed by atoms with Crippen molar-refractivity contribution >= 4 is 44.4 Å². The summed E-state index contributed by atoms with van der Waals surface area (Å²) < 4.78 is 17.9. The number of amides is 1. The van der Waals surface area contributed by atoms with Crippen LogP contribution in [0.1, 0.15) is 24.4 Å². The quantitative estimate of drug-likeness (QED) is 0.200. The first-order chi connectivity index (χ1) is 16.5. The van der Waals surface area contributed by atoms with E-state index in [1.165, 1.54) is 17.4 Å². The van der Waals surface area contributed by atoms with Crippen molar-refractivity contribution in [2.45, 2.75) is 20.3 Å². The first kappa shape index (κ1) is 25.2. The van der Waals surface area contributed by atoms with Gasteiger partial charge < -0.3 is 14.2 Å². The van der Waals surface area contributed by atoms with Gasteiger partial charge in [-0.3, -0.25) is 10.1 Å². The Labute approximate surface area is 210 Å². The van der Waals surface area contributed by atoms with Gasteiger partial charge in [0.05, 0.1) is 11.1 Å². The zero-order chi connectivity index (χ0) is 24.3. The second kappa shape index (κ2) is 12.7. The first-order valence-corrected chi connectivity index (χ1v) is 12.2. The van der Waals surface area contributed by atoms with Crippen LogP contribution in [-0.2, 0) is 11.2 Å². The molecule has 0 atom stereocenters.